The lowest BCUT2D eigenvalue weighted by Gasteiger charge is -2.26. The number of amides is 1. The van der Waals surface area contributed by atoms with E-state index in [-0.39, 0.29) is 11.9 Å². The van der Waals surface area contributed by atoms with Gasteiger partial charge < -0.3 is 19.2 Å². The van der Waals surface area contributed by atoms with Crippen molar-refractivity contribution < 1.29 is 23.5 Å². The first kappa shape index (κ1) is 21.9. The van der Waals surface area contributed by atoms with Gasteiger partial charge in [-0.25, -0.2) is 4.79 Å². The molecule has 5 rings (SSSR count). The second-order valence-corrected chi connectivity index (χ2v) is 8.77. The molecule has 0 bridgehead atoms. The van der Waals surface area contributed by atoms with Gasteiger partial charge in [-0.05, 0) is 56.4 Å². The minimum atomic E-state index is -0.380. The van der Waals surface area contributed by atoms with E-state index >= 15 is 0 Å². The van der Waals surface area contributed by atoms with E-state index in [9.17, 15) is 9.59 Å². The van der Waals surface area contributed by atoms with Gasteiger partial charge in [0, 0.05) is 42.9 Å². The fraction of sp³-hybridized carbons (Fsp3) is 0.462. The van der Waals surface area contributed by atoms with Crippen LogP contribution in [-0.4, -0.2) is 56.2 Å². The Hall–Kier alpha value is -2.90. The van der Waals surface area contributed by atoms with Crippen molar-refractivity contribution in [3.63, 3.8) is 0 Å². The van der Waals surface area contributed by atoms with E-state index in [1.807, 2.05) is 6.07 Å². The number of aryl methyl sites for hydroxylation is 1. The van der Waals surface area contributed by atoms with E-state index in [0.29, 0.717) is 23.5 Å². The van der Waals surface area contributed by atoms with E-state index in [1.54, 1.807) is 13.0 Å². The number of benzene rings is 1. The lowest BCUT2D eigenvalue weighted by molar-refractivity contribution is -0.110. The molecule has 1 saturated heterocycles. The molecule has 3 heterocycles. The van der Waals surface area contributed by atoms with Crippen LogP contribution in [-0.2, 0) is 33.5 Å². The fourth-order valence-electron chi connectivity index (χ4n) is 4.89. The van der Waals surface area contributed by atoms with Crippen LogP contribution < -0.4 is 5.32 Å². The molecule has 2 aromatic rings. The second-order valence-electron chi connectivity index (χ2n) is 8.77. The fourth-order valence-corrected chi connectivity index (χ4v) is 4.89. The molecule has 1 aromatic carbocycles. The highest BCUT2D eigenvalue weighted by Gasteiger charge is 2.30. The molecule has 0 unspecified atom stereocenters. The number of ether oxygens (including phenoxy) is 2. The molecular formula is C26H30N2O5. The molecule has 1 aliphatic carbocycles. The summed E-state index contributed by atoms with van der Waals surface area (Å²) >= 11 is 0. The highest BCUT2D eigenvalue weighted by molar-refractivity contribution is 6.35. The van der Waals surface area contributed by atoms with Crippen molar-refractivity contribution in [1.29, 1.82) is 0 Å². The van der Waals surface area contributed by atoms with Crippen LogP contribution in [0.5, 0.6) is 0 Å². The van der Waals surface area contributed by atoms with Crippen LogP contribution >= 0.6 is 0 Å². The van der Waals surface area contributed by atoms with Crippen LogP contribution in [0.1, 0.15) is 58.3 Å². The molecule has 1 aromatic heterocycles. The van der Waals surface area contributed by atoms with Crippen molar-refractivity contribution in [3.8, 4) is 0 Å². The number of anilines is 1. The maximum absolute atomic E-state index is 12.8. The molecule has 1 fully saturated rings. The number of nitrogens with one attached hydrogen (secondary N) is 1. The molecule has 0 spiro atoms. The first-order valence-corrected chi connectivity index (χ1v) is 11.9. The molecule has 3 aliphatic rings. The largest absolute Gasteiger partial charge is 0.462 e. The molecule has 33 heavy (non-hydrogen) atoms. The van der Waals surface area contributed by atoms with Crippen LogP contribution in [0.4, 0.5) is 5.69 Å². The summed E-state index contributed by atoms with van der Waals surface area (Å²) in [7, 11) is 0. The average Bonchev–Trinajstić information content (AvgIpc) is 3.35. The summed E-state index contributed by atoms with van der Waals surface area (Å²) < 4.78 is 16.9. The summed E-state index contributed by atoms with van der Waals surface area (Å²) in [6.07, 6.45) is 6.28. The van der Waals surface area contributed by atoms with Gasteiger partial charge in [0.25, 0.3) is 5.91 Å². The standard InChI is InChI=1S/C26H30N2O5/c1-2-32-26(30)24-18-5-3-4-6-22(18)33-23(24)16-20-19-15-17(7-8-21(19)27-25(20)29)9-10-28-11-13-31-14-12-28/h7-8,15-16H,2-6,9-14H2,1H3,(H,27,29). The number of nitrogens with zero attached hydrogens (tertiary/aromatic N) is 1. The smallest absolute Gasteiger partial charge is 0.342 e. The number of fused-ring (bicyclic) bond motifs is 2. The summed E-state index contributed by atoms with van der Waals surface area (Å²) in [6, 6.07) is 6.10. The normalized spacial score (nSPS) is 19.3. The van der Waals surface area contributed by atoms with Crippen molar-refractivity contribution in [2.75, 3.05) is 44.8 Å². The number of esters is 1. The molecule has 1 N–H and O–H groups in total. The average molecular weight is 451 g/mol. The van der Waals surface area contributed by atoms with Crippen molar-refractivity contribution in [2.24, 2.45) is 0 Å². The number of carbonyl (C=O) groups excluding carboxylic acids is 2. The Labute approximate surface area is 193 Å². The lowest BCUT2D eigenvalue weighted by Crippen LogP contribution is -2.37. The van der Waals surface area contributed by atoms with Gasteiger partial charge in [0.05, 0.1) is 25.4 Å². The molecule has 0 radical (unpaired) electrons. The Kier molecular flexibility index (Phi) is 6.33. The Balaban J connectivity index is 1.46. The second kappa shape index (κ2) is 9.53. The topological polar surface area (TPSA) is 81.0 Å². The molecular weight excluding hydrogens is 420 g/mol. The van der Waals surface area contributed by atoms with Crippen LogP contribution in [0.25, 0.3) is 11.6 Å². The Morgan fingerprint density at radius 1 is 1.21 bits per heavy atom. The van der Waals surface area contributed by atoms with Crippen LogP contribution in [0.15, 0.2) is 22.6 Å². The van der Waals surface area contributed by atoms with Gasteiger partial charge in [-0.1, -0.05) is 6.07 Å². The first-order valence-electron chi connectivity index (χ1n) is 11.9. The summed E-state index contributed by atoms with van der Waals surface area (Å²) in [5.74, 6) is 0.708. The summed E-state index contributed by atoms with van der Waals surface area (Å²) in [4.78, 5) is 28.0. The molecule has 7 heteroatoms. The van der Waals surface area contributed by atoms with Gasteiger partial charge in [-0.15, -0.1) is 0 Å². The van der Waals surface area contributed by atoms with Gasteiger partial charge in [0.1, 0.15) is 17.1 Å². The van der Waals surface area contributed by atoms with E-state index in [4.69, 9.17) is 13.9 Å². The van der Waals surface area contributed by atoms with Crippen molar-refractivity contribution in [2.45, 2.75) is 39.0 Å². The van der Waals surface area contributed by atoms with E-state index < -0.39 is 0 Å². The van der Waals surface area contributed by atoms with Crippen LogP contribution in [0, 0.1) is 0 Å². The number of carbonyl (C=O) groups is 2. The monoisotopic (exact) mass is 450 g/mol. The number of furan rings is 1. The summed E-state index contributed by atoms with van der Waals surface area (Å²) in [6.45, 7) is 6.52. The number of morpholine rings is 1. The van der Waals surface area contributed by atoms with Gasteiger partial charge in [0.2, 0.25) is 0 Å². The third-order valence-corrected chi connectivity index (χ3v) is 6.64. The third kappa shape index (κ3) is 4.48. The molecule has 7 nitrogen and oxygen atoms in total. The zero-order valence-electron chi connectivity index (χ0n) is 19.1. The number of hydrogen-bond acceptors (Lipinski definition) is 6. The van der Waals surface area contributed by atoms with E-state index in [2.05, 4.69) is 22.3 Å². The number of hydrogen-bond donors (Lipinski definition) is 1. The molecule has 2 aliphatic heterocycles. The Morgan fingerprint density at radius 2 is 2.03 bits per heavy atom. The molecule has 174 valence electrons. The van der Waals surface area contributed by atoms with Gasteiger partial charge in [-0.2, -0.15) is 0 Å². The van der Waals surface area contributed by atoms with Crippen LogP contribution in [0.3, 0.4) is 0 Å². The molecule has 0 saturated carbocycles. The quantitative estimate of drug-likeness (QED) is 0.534. The van der Waals surface area contributed by atoms with Gasteiger partial charge in [0.15, 0.2) is 0 Å². The van der Waals surface area contributed by atoms with Gasteiger partial charge in [-0.3, -0.25) is 9.69 Å². The predicted octanol–water partition coefficient (Wildman–Crippen LogP) is 3.70. The highest BCUT2D eigenvalue weighted by atomic mass is 16.5. The minimum absolute atomic E-state index is 0.181. The van der Waals surface area contributed by atoms with Gasteiger partial charge >= 0.3 is 5.97 Å². The molecule has 0 atom stereocenters. The first-order chi connectivity index (χ1) is 16.1. The third-order valence-electron chi connectivity index (χ3n) is 6.64. The van der Waals surface area contributed by atoms with Crippen molar-refractivity contribution in [1.82, 2.24) is 4.90 Å². The van der Waals surface area contributed by atoms with E-state index in [1.165, 1.54) is 5.56 Å². The Morgan fingerprint density at radius 3 is 2.85 bits per heavy atom. The highest BCUT2D eigenvalue weighted by Crippen LogP contribution is 2.37. The predicted molar refractivity (Wildman–Crippen MR) is 125 cm³/mol. The van der Waals surface area contributed by atoms with Crippen molar-refractivity contribution in [3.05, 3.63) is 52.0 Å². The summed E-state index contributed by atoms with van der Waals surface area (Å²) in [5.41, 5.74) is 4.74. The minimum Gasteiger partial charge on any atom is -0.462 e. The summed E-state index contributed by atoms with van der Waals surface area (Å²) in [5, 5.41) is 2.94. The zero-order chi connectivity index (χ0) is 22.8. The Bertz CT molecular complexity index is 1090. The van der Waals surface area contributed by atoms with Crippen molar-refractivity contribution >= 4 is 29.2 Å². The maximum Gasteiger partial charge on any atom is 0.342 e. The number of rotatable bonds is 6. The maximum atomic E-state index is 12.8. The van der Waals surface area contributed by atoms with E-state index in [0.717, 1.165) is 87.5 Å². The lowest BCUT2D eigenvalue weighted by atomic mass is 9.94. The molecule has 1 amide bonds. The van der Waals surface area contributed by atoms with Crippen LogP contribution in [0.2, 0.25) is 0 Å². The SMILES string of the molecule is CCOC(=O)c1c(C=C2C(=O)Nc3ccc(CCN4CCOCC4)cc32)oc2c1CCCC2. The zero-order valence-corrected chi connectivity index (χ0v) is 19.1.